The molecule has 2 aromatic rings. The topological polar surface area (TPSA) is 72.7 Å². The van der Waals surface area contributed by atoms with Gasteiger partial charge in [0.2, 0.25) is 0 Å². The SMILES string of the molecule is Cc1c(O)ccc2c1CNC[C@@H]2c1ccc(O)c(O)c1.Cl. The van der Waals surface area contributed by atoms with Crippen molar-refractivity contribution in [1.82, 2.24) is 5.32 Å². The highest BCUT2D eigenvalue weighted by molar-refractivity contribution is 5.85. The second kappa shape index (κ2) is 5.84. The van der Waals surface area contributed by atoms with Crippen LogP contribution in [0, 0.1) is 6.92 Å². The highest BCUT2D eigenvalue weighted by Crippen LogP contribution is 2.37. The first-order valence-corrected chi connectivity index (χ1v) is 6.62. The molecule has 21 heavy (non-hydrogen) atoms. The van der Waals surface area contributed by atoms with Gasteiger partial charge in [0, 0.05) is 19.0 Å². The molecule has 3 rings (SSSR count). The molecule has 4 N–H and O–H groups in total. The Hall–Kier alpha value is -1.91. The molecule has 0 aliphatic carbocycles. The second-order valence-electron chi connectivity index (χ2n) is 5.21. The number of aromatic hydroxyl groups is 3. The van der Waals surface area contributed by atoms with E-state index in [2.05, 4.69) is 5.32 Å². The zero-order valence-electron chi connectivity index (χ0n) is 11.6. The second-order valence-corrected chi connectivity index (χ2v) is 5.21. The van der Waals surface area contributed by atoms with Crippen LogP contribution in [-0.2, 0) is 6.54 Å². The largest absolute Gasteiger partial charge is 0.508 e. The van der Waals surface area contributed by atoms with Gasteiger partial charge in [-0.1, -0.05) is 12.1 Å². The van der Waals surface area contributed by atoms with Crippen LogP contribution in [0.1, 0.15) is 28.2 Å². The van der Waals surface area contributed by atoms with Crippen molar-refractivity contribution in [2.24, 2.45) is 0 Å². The highest BCUT2D eigenvalue weighted by Gasteiger charge is 2.24. The third-order valence-electron chi connectivity index (χ3n) is 4.03. The number of phenols is 3. The van der Waals surface area contributed by atoms with Crippen molar-refractivity contribution in [3.05, 3.63) is 52.6 Å². The van der Waals surface area contributed by atoms with E-state index >= 15 is 0 Å². The van der Waals surface area contributed by atoms with Crippen LogP contribution in [0.15, 0.2) is 30.3 Å². The van der Waals surface area contributed by atoms with E-state index in [1.165, 1.54) is 6.07 Å². The fourth-order valence-electron chi connectivity index (χ4n) is 2.83. The van der Waals surface area contributed by atoms with Gasteiger partial charge in [0.15, 0.2) is 11.5 Å². The summed E-state index contributed by atoms with van der Waals surface area (Å²) in [6.45, 7) is 3.41. The fourth-order valence-corrected chi connectivity index (χ4v) is 2.83. The average molecular weight is 308 g/mol. The van der Waals surface area contributed by atoms with E-state index in [0.29, 0.717) is 5.75 Å². The molecule has 0 aromatic heterocycles. The Morgan fingerprint density at radius 1 is 1.00 bits per heavy atom. The van der Waals surface area contributed by atoms with Crippen molar-refractivity contribution in [2.45, 2.75) is 19.4 Å². The van der Waals surface area contributed by atoms with Gasteiger partial charge in [-0.25, -0.2) is 0 Å². The lowest BCUT2D eigenvalue weighted by Crippen LogP contribution is -2.29. The molecule has 0 saturated carbocycles. The van der Waals surface area contributed by atoms with E-state index in [1.807, 2.05) is 19.1 Å². The van der Waals surface area contributed by atoms with Crippen LogP contribution in [0.3, 0.4) is 0 Å². The molecular formula is C16H18ClNO3. The molecule has 0 fully saturated rings. The van der Waals surface area contributed by atoms with Gasteiger partial charge in [-0.15, -0.1) is 12.4 Å². The Balaban J connectivity index is 0.00000161. The molecule has 0 saturated heterocycles. The van der Waals surface area contributed by atoms with Gasteiger partial charge in [0.25, 0.3) is 0 Å². The Bertz CT molecular complexity index is 673. The molecule has 0 radical (unpaired) electrons. The lowest BCUT2D eigenvalue weighted by atomic mass is 9.83. The number of nitrogens with one attached hydrogen (secondary N) is 1. The van der Waals surface area contributed by atoms with E-state index < -0.39 is 0 Å². The van der Waals surface area contributed by atoms with E-state index in [1.54, 1.807) is 12.1 Å². The molecule has 1 aliphatic rings. The van der Waals surface area contributed by atoms with Crippen LogP contribution < -0.4 is 5.32 Å². The number of fused-ring (bicyclic) bond motifs is 1. The molecule has 0 unspecified atom stereocenters. The Kier molecular flexibility index (Phi) is 4.30. The minimum atomic E-state index is -0.111. The summed E-state index contributed by atoms with van der Waals surface area (Å²) in [6.07, 6.45) is 0. The Morgan fingerprint density at radius 3 is 2.43 bits per heavy atom. The van der Waals surface area contributed by atoms with Crippen LogP contribution in [0.4, 0.5) is 0 Å². The molecule has 1 aliphatic heterocycles. The van der Waals surface area contributed by atoms with Gasteiger partial charge >= 0.3 is 0 Å². The van der Waals surface area contributed by atoms with Crippen molar-refractivity contribution in [3.63, 3.8) is 0 Å². The first-order chi connectivity index (χ1) is 9.58. The van der Waals surface area contributed by atoms with Gasteiger partial charge in [-0.05, 0) is 47.4 Å². The number of halogens is 1. The summed E-state index contributed by atoms with van der Waals surface area (Å²) in [5.74, 6) is 0.189. The average Bonchev–Trinajstić information content (AvgIpc) is 2.45. The molecule has 5 heteroatoms. The Morgan fingerprint density at radius 2 is 1.71 bits per heavy atom. The van der Waals surface area contributed by atoms with Crippen molar-refractivity contribution >= 4 is 12.4 Å². The first kappa shape index (κ1) is 15.5. The van der Waals surface area contributed by atoms with E-state index in [9.17, 15) is 15.3 Å². The number of rotatable bonds is 1. The standard InChI is InChI=1S/C16H17NO3.ClH/c1-9-12-7-17-8-13(11(12)3-5-14(9)18)10-2-4-15(19)16(20)6-10;/h2-6,13,17-20H,7-8H2,1H3;1H/t13-;/m1./s1. The summed E-state index contributed by atoms with van der Waals surface area (Å²) in [5, 5.41) is 32.2. The van der Waals surface area contributed by atoms with Gasteiger partial charge in [-0.3, -0.25) is 0 Å². The fraction of sp³-hybridized carbons (Fsp3) is 0.250. The van der Waals surface area contributed by atoms with Crippen LogP contribution >= 0.6 is 12.4 Å². The number of phenolic OH excluding ortho intramolecular Hbond substituents is 3. The summed E-state index contributed by atoms with van der Waals surface area (Å²) in [4.78, 5) is 0. The highest BCUT2D eigenvalue weighted by atomic mass is 35.5. The van der Waals surface area contributed by atoms with Crippen molar-refractivity contribution < 1.29 is 15.3 Å². The molecule has 0 spiro atoms. The number of hydrogen-bond donors (Lipinski definition) is 4. The van der Waals surface area contributed by atoms with Crippen molar-refractivity contribution in [1.29, 1.82) is 0 Å². The Labute approximate surface area is 129 Å². The minimum absolute atomic E-state index is 0. The zero-order chi connectivity index (χ0) is 14.3. The third-order valence-corrected chi connectivity index (χ3v) is 4.03. The maximum Gasteiger partial charge on any atom is 0.157 e. The quantitative estimate of drug-likeness (QED) is 0.611. The summed E-state index contributed by atoms with van der Waals surface area (Å²) >= 11 is 0. The maximum atomic E-state index is 9.81. The molecule has 2 aromatic carbocycles. The number of benzene rings is 2. The molecule has 0 bridgehead atoms. The molecule has 1 heterocycles. The van der Waals surface area contributed by atoms with Gasteiger partial charge in [0.05, 0.1) is 0 Å². The normalized spacial score (nSPS) is 16.9. The van der Waals surface area contributed by atoms with E-state index in [4.69, 9.17) is 0 Å². The lowest BCUT2D eigenvalue weighted by molar-refractivity contribution is 0.402. The monoisotopic (exact) mass is 307 g/mol. The lowest BCUT2D eigenvalue weighted by Gasteiger charge is -2.28. The van der Waals surface area contributed by atoms with Gasteiger partial charge in [0.1, 0.15) is 5.75 Å². The van der Waals surface area contributed by atoms with Crippen LogP contribution in [-0.4, -0.2) is 21.9 Å². The van der Waals surface area contributed by atoms with Crippen LogP contribution in [0.5, 0.6) is 17.2 Å². The first-order valence-electron chi connectivity index (χ1n) is 6.62. The predicted molar refractivity (Wildman–Crippen MR) is 83.4 cm³/mol. The summed E-state index contributed by atoms with van der Waals surface area (Å²) in [5.41, 5.74) is 4.10. The summed E-state index contributed by atoms with van der Waals surface area (Å²) < 4.78 is 0. The molecule has 112 valence electrons. The van der Waals surface area contributed by atoms with Crippen molar-refractivity contribution in [2.75, 3.05) is 6.54 Å². The molecule has 0 amide bonds. The van der Waals surface area contributed by atoms with Crippen LogP contribution in [0.25, 0.3) is 0 Å². The number of hydrogen-bond acceptors (Lipinski definition) is 4. The molecule has 1 atom stereocenters. The van der Waals surface area contributed by atoms with E-state index in [0.717, 1.165) is 35.3 Å². The van der Waals surface area contributed by atoms with Gasteiger partial charge < -0.3 is 20.6 Å². The van der Waals surface area contributed by atoms with Gasteiger partial charge in [-0.2, -0.15) is 0 Å². The maximum absolute atomic E-state index is 9.81. The third kappa shape index (κ3) is 2.64. The zero-order valence-corrected chi connectivity index (χ0v) is 12.4. The molecule has 4 nitrogen and oxygen atoms in total. The smallest absolute Gasteiger partial charge is 0.157 e. The predicted octanol–water partition coefficient (Wildman–Crippen LogP) is 2.77. The summed E-state index contributed by atoms with van der Waals surface area (Å²) in [6, 6.07) is 8.57. The molecular weight excluding hydrogens is 290 g/mol. The summed E-state index contributed by atoms with van der Waals surface area (Å²) in [7, 11) is 0. The minimum Gasteiger partial charge on any atom is -0.508 e. The van der Waals surface area contributed by atoms with E-state index in [-0.39, 0.29) is 29.8 Å². The van der Waals surface area contributed by atoms with Crippen LogP contribution in [0.2, 0.25) is 0 Å². The van der Waals surface area contributed by atoms with Crippen molar-refractivity contribution in [3.8, 4) is 17.2 Å².